The van der Waals surface area contributed by atoms with Gasteiger partial charge in [-0.3, -0.25) is 4.79 Å². The third-order valence-electron chi connectivity index (χ3n) is 2.57. The topological polar surface area (TPSA) is 35.5 Å². The first-order valence-corrected chi connectivity index (χ1v) is 5.12. The standard InChI is InChI=1S/C12H14O3/c1-9(13)14-7-6-10-8-15-12-5-3-2-4-11(10)12/h2-5,10H,6-8H2,1H3. The number of hydrogen-bond acceptors (Lipinski definition) is 3. The van der Waals surface area contributed by atoms with Crippen LogP contribution in [0.1, 0.15) is 24.8 Å². The Kier molecular flexibility index (Phi) is 2.90. The van der Waals surface area contributed by atoms with Gasteiger partial charge in [0.05, 0.1) is 13.2 Å². The van der Waals surface area contributed by atoms with Crippen molar-refractivity contribution in [3.8, 4) is 5.75 Å². The molecule has 1 heterocycles. The molecule has 1 aromatic rings. The third-order valence-corrected chi connectivity index (χ3v) is 2.57. The lowest BCUT2D eigenvalue weighted by Crippen LogP contribution is -2.07. The molecule has 0 radical (unpaired) electrons. The second kappa shape index (κ2) is 4.34. The number of esters is 1. The van der Waals surface area contributed by atoms with Gasteiger partial charge in [0, 0.05) is 18.4 Å². The zero-order valence-corrected chi connectivity index (χ0v) is 8.73. The molecule has 0 fully saturated rings. The lowest BCUT2D eigenvalue weighted by Gasteiger charge is -2.08. The van der Waals surface area contributed by atoms with Gasteiger partial charge in [0.2, 0.25) is 0 Å². The fourth-order valence-corrected chi connectivity index (χ4v) is 1.81. The summed E-state index contributed by atoms with van der Waals surface area (Å²) in [5.74, 6) is 1.10. The molecule has 3 nitrogen and oxygen atoms in total. The van der Waals surface area contributed by atoms with E-state index >= 15 is 0 Å². The van der Waals surface area contributed by atoms with Gasteiger partial charge in [-0.15, -0.1) is 0 Å². The van der Waals surface area contributed by atoms with Crippen molar-refractivity contribution in [1.29, 1.82) is 0 Å². The number of para-hydroxylation sites is 1. The molecule has 2 rings (SSSR count). The van der Waals surface area contributed by atoms with Gasteiger partial charge in [-0.1, -0.05) is 18.2 Å². The van der Waals surface area contributed by atoms with Gasteiger partial charge in [0.15, 0.2) is 0 Å². The number of carbonyl (C=O) groups is 1. The highest BCUT2D eigenvalue weighted by atomic mass is 16.5. The number of carbonyl (C=O) groups excluding carboxylic acids is 1. The number of fused-ring (bicyclic) bond motifs is 1. The van der Waals surface area contributed by atoms with Crippen LogP contribution in [0.3, 0.4) is 0 Å². The molecule has 0 aliphatic carbocycles. The predicted molar refractivity (Wildman–Crippen MR) is 55.9 cm³/mol. The van der Waals surface area contributed by atoms with Crippen LogP contribution in [0.15, 0.2) is 24.3 Å². The highest BCUT2D eigenvalue weighted by Gasteiger charge is 2.23. The van der Waals surface area contributed by atoms with Crippen LogP contribution in [-0.2, 0) is 9.53 Å². The van der Waals surface area contributed by atoms with Crippen LogP contribution in [0.4, 0.5) is 0 Å². The summed E-state index contributed by atoms with van der Waals surface area (Å²) in [6.45, 7) is 2.59. The molecule has 3 heteroatoms. The Morgan fingerprint density at radius 1 is 1.53 bits per heavy atom. The Labute approximate surface area is 89.0 Å². The molecule has 1 aliphatic heterocycles. The minimum absolute atomic E-state index is 0.220. The molecular weight excluding hydrogens is 192 g/mol. The molecule has 1 aliphatic rings. The number of rotatable bonds is 3. The molecule has 0 amide bonds. The maximum atomic E-state index is 10.6. The lowest BCUT2D eigenvalue weighted by molar-refractivity contribution is -0.141. The van der Waals surface area contributed by atoms with Crippen molar-refractivity contribution in [3.05, 3.63) is 29.8 Å². The summed E-state index contributed by atoms with van der Waals surface area (Å²) in [5.41, 5.74) is 1.23. The first-order valence-electron chi connectivity index (χ1n) is 5.12. The Bertz CT molecular complexity index is 360. The molecule has 1 unspecified atom stereocenters. The van der Waals surface area contributed by atoms with Crippen LogP contribution >= 0.6 is 0 Å². The summed E-state index contributed by atoms with van der Waals surface area (Å²) >= 11 is 0. The van der Waals surface area contributed by atoms with E-state index in [0.717, 1.165) is 12.2 Å². The van der Waals surface area contributed by atoms with Gasteiger partial charge in [-0.2, -0.15) is 0 Å². The van der Waals surface area contributed by atoms with Crippen LogP contribution < -0.4 is 4.74 Å². The Morgan fingerprint density at radius 2 is 2.33 bits per heavy atom. The van der Waals surface area contributed by atoms with Crippen LogP contribution in [0.25, 0.3) is 0 Å². The summed E-state index contributed by atoms with van der Waals surface area (Å²) in [6, 6.07) is 8.02. The molecule has 0 spiro atoms. The molecule has 0 N–H and O–H groups in total. The molecule has 1 atom stereocenters. The maximum absolute atomic E-state index is 10.6. The second-order valence-electron chi connectivity index (χ2n) is 3.67. The van der Waals surface area contributed by atoms with Crippen molar-refractivity contribution >= 4 is 5.97 Å². The van der Waals surface area contributed by atoms with Crippen molar-refractivity contribution in [1.82, 2.24) is 0 Å². The summed E-state index contributed by atoms with van der Waals surface area (Å²) < 4.78 is 10.5. The van der Waals surface area contributed by atoms with E-state index in [0.29, 0.717) is 19.1 Å². The predicted octanol–water partition coefficient (Wildman–Crippen LogP) is 2.12. The van der Waals surface area contributed by atoms with Gasteiger partial charge in [0.25, 0.3) is 0 Å². The molecule has 0 aromatic heterocycles. The fourth-order valence-electron chi connectivity index (χ4n) is 1.81. The van der Waals surface area contributed by atoms with Crippen LogP contribution in [-0.4, -0.2) is 19.2 Å². The van der Waals surface area contributed by atoms with Gasteiger partial charge >= 0.3 is 5.97 Å². The van der Waals surface area contributed by atoms with Gasteiger partial charge in [-0.25, -0.2) is 0 Å². The molecular formula is C12H14O3. The van der Waals surface area contributed by atoms with Crippen LogP contribution in [0, 0.1) is 0 Å². The van der Waals surface area contributed by atoms with Crippen molar-refractivity contribution < 1.29 is 14.3 Å². The third kappa shape index (κ3) is 2.29. The van der Waals surface area contributed by atoms with Gasteiger partial charge in [0.1, 0.15) is 5.75 Å². The largest absolute Gasteiger partial charge is 0.493 e. The Balaban J connectivity index is 1.93. The Morgan fingerprint density at radius 3 is 3.13 bits per heavy atom. The number of benzene rings is 1. The second-order valence-corrected chi connectivity index (χ2v) is 3.67. The van der Waals surface area contributed by atoms with Gasteiger partial charge in [-0.05, 0) is 12.5 Å². The smallest absolute Gasteiger partial charge is 0.302 e. The van der Waals surface area contributed by atoms with E-state index in [2.05, 4.69) is 6.07 Å². The van der Waals surface area contributed by atoms with Crippen molar-refractivity contribution in [2.75, 3.05) is 13.2 Å². The molecule has 0 saturated carbocycles. The average Bonchev–Trinajstić information content (AvgIpc) is 2.62. The van der Waals surface area contributed by atoms with E-state index < -0.39 is 0 Å². The monoisotopic (exact) mass is 206 g/mol. The van der Waals surface area contributed by atoms with E-state index in [4.69, 9.17) is 9.47 Å². The molecule has 15 heavy (non-hydrogen) atoms. The van der Waals surface area contributed by atoms with E-state index in [-0.39, 0.29) is 5.97 Å². The lowest BCUT2D eigenvalue weighted by atomic mass is 9.98. The minimum Gasteiger partial charge on any atom is -0.493 e. The maximum Gasteiger partial charge on any atom is 0.302 e. The molecule has 80 valence electrons. The van der Waals surface area contributed by atoms with E-state index in [9.17, 15) is 4.79 Å². The summed E-state index contributed by atoms with van der Waals surface area (Å²) in [7, 11) is 0. The normalized spacial score (nSPS) is 18.1. The highest BCUT2D eigenvalue weighted by molar-refractivity contribution is 5.65. The fraction of sp³-hybridized carbons (Fsp3) is 0.417. The summed E-state index contributed by atoms with van der Waals surface area (Å²) in [4.78, 5) is 10.6. The Hall–Kier alpha value is -1.51. The quantitative estimate of drug-likeness (QED) is 0.710. The molecule has 0 saturated heterocycles. The number of ether oxygens (including phenoxy) is 2. The molecule has 1 aromatic carbocycles. The van der Waals surface area contributed by atoms with E-state index in [1.807, 2.05) is 18.2 Å². The SMILES string of the molecule is CC(=O)OCCC1COc2ccccc21. The highest BCUT2D eigenvalue weighted by Crippen LogP contribution is 2.35. The van der Waals surface area contributed by atoms with Crippen molar-refractivity contribution in [2.45, 2.75) is 19.3 Å². The molecule has 0 bridgehead atoms. The summed E-state index contributed by atoms with van der Waals surface area (Å²) in [6.07, 6.45) is 0.830. The first kappa shape index (κ1) is 10.0. The zero-order chi connectivity index (χ0) is 10.7. The van der Waals surface area contributed by atoms with Gasteiger partial charge < -0.3 is 9.47 Å². The van der Waals surface area contributed by atoms with Crippen molar-refractivity contribution in [3.63, 3.8) is 0 Å². The van der Waals surface area contributed by atoms with E-state index in [1.54, 1.807) is 0 Å². The zero-order valence-electron chi connectivity index (χ0n) is 8.73. The first-order chi connectivity index (χ1) is 7.27. The number of hydrogen-bond donors (Lipinski definition) is 0. The van der Waals surface area contributed by atoms with Crippen LogP contribution in [0.2, 0.25) is 0 Å². The van der Waals surface area contributed by atoms with E-state index in [1.165, 1.54) is 12.5 Å². The van der Waals surface area contributed by atoms with Crippen molar-refractivity contribution in [2.24, 2.45) is 0 Å². The average molecular weight is 206 g/mol. The van der Waals surface area contributed by atoms with Crippen LogP contribution in [0.5, 0.6) is 5.75 Å². The minimum atomic E-state index is -0.220. The summed E-state index contributed by atoms with van der Waals surface area (Å²) in [5, 5.41) is 0.